The number of hydrogen-bond acceptors (Lipinski definition) is 4. The molecule has 2 aromatic carbocycles. The molecule has 0 spiro atoms. The minimum absolute atomic E-state index is 0.228. The van der Waals surface area contributed by atoms with Crippen molar-refractivity contribution in [1.82, 2.24) is 4.31 Å². The van der Waals surface area contributed by atoms with E-state index in [1.165, 1.54) is 4.31 Å². The van der Waals surface area contributed by atoms with Gasteiger partial charge in [0.05, 0.1) is 12.0 Å². The summed E-state index contributed by atoms with van der Waals surface area (Å²) in [4.78, 5) is 0.228. The van der Waals surface area contributed by atoms with Gasteiger partial charge in [-0.15, -0.1) is 0 Å². The molecule has 0 N–H and O–H groups in total. The third-order valence-corrected chi connectivity index (χ3v) is 6.33. The molecular formula is C24H25NO4S. The summed E-state index contributed by atoms with van der Waals surface area (Å²) in [6.07, 6.45) is 1.23. The fraction of sp³-hybridized carbons (Fsp3) is 0.250. The molecule has 0 aliphatic heterocycles. The fourth-order valence-electron chi connectivity index (χ4n) is 2.89. The average Bonchev–Trinajstić information content (AvgIpc) is 3.16. The maximum absolute atomic E-state index is 13.2. The predicted molar refractivity (Wildman–Crippen MR) is 117 cm³/mol. The number of rotatable bonds is 7. The van der Waals surface area contributed by atoms with Crippen LogP contribution in [0.15, 0.2) is 70.0 Å². The van der Waals surface area contributed by atoms with Crippen molar-refractivity contribution in [1.29, 1.82) is 0 Å². The van der Waals surface area contributed by atoms with Gasteiger partial charge in [0.2, 0.25) is 0 Å². The van der Waals surface area contributed by atoms with Crippen molar-refractivity contribution in [3.05, 3.63) is 83.3 Å². The van der Waals surface area contributed by atoms with E-state index in [0.29, 0.717) is 18.4 Å². The number of benzene rings is 2. The van der Waals surface area contributed by atoms with E-state index in [1.807, 2.05) is 26.0 Å². The number of furan rings is 1. The molecule has 0 atom stereocenters. The summed E-state index contributed by atoms with van der Waals surface area (Å²) in [6, 6.07) is 20.6. The van der Waals surface area contributed by atoms with Gasteiger partial charge in [0.1, 0.15) is 17.3 Å². The topological polar surface area (TPSA) is 59.8 Å². The molecule has 5 nitrogen and oxygen atoms in total. The second kappa shape index (κ2) is 9.55. The molecule has 0 radical (unpaired) electrons. The number of ether oxygens (including phenoxy) is 1. The summed E-state index contributed by atoms with van der Waals surface area (Å²) in [7, 11) is -2.15. The first-order chi connectivity index (χ1) is 14.4. The van der Waals surface area contributed by atoms with Gasteiger partial charge in [-0.3, -0.25) is 0 Å². The molecule has 1 heterocycles. The fourth-order valence-corrected chi connectivity index (χ4v) is 4.16. The van der Waals surface area contributed by atoms with Crippen LogP contribution in [0.25, 0.3) is 0 Å². The van der Waals surface area contributed by atoms with Crippen molar-refractivity contribution in [3.63, 3.8) is 0 Å². The maximum atomic E-state index is 13.2. The highest BCUT2D eigenvalue weighted by Crippen LogP contribution is 2.18. The lowest BCUT2D eigenvalue weighted by Gasteiger charge is -2.18. The molecule has 156 valence electrons. The SMILES string of the molecule is COc1ccc(C#CN(CCCc2ccc(C)o2)S(=O)(=O)c2ccc(C)cc2)cc1. The molecule has 0 unspecified atom stereocenters. The first kappa shape index (κ1) is 21.5. The highest BCUT2D eigenvalue weighted by Gasteiger charge is 2.22. The first-order valence-electron chi connectivity index (χ1n) is 9.69. The van der Waals surface area contributed by atoms with Gasteiger partial charge < -0.3 is 9.15 Å². The van der Waals surface area contributed by atoms with E-state index in [0.717, 1.165) is 22.8 Å². The zero-order valence-corrected chi connectivity index (χ0v) is 18.2. The monoisotopic (exact) mass is 423 g/mol. The number of methoxy groups -OCH3 is 1. The van der Waals surface area contributed by atoms with Crippen LogP contribution in [-0.2, 0) is 16.4 Å². The minimum atomic E-state index is -3.75. The molecule has 0 bridgehead atoms. The number of hydrogen-bond donors (Lipinski definition) is 0. The third-order valence-electron chi connectivity index (χ3n) is 4.60. The Hall–Kier alpha value is -3.17. The summed E-state index contributed by atoms with van der Waals surface area (Å²) < 4.78 is 38.3. The van der Waals surface area contributed by atoms with Gasteiger partial charge in [0.15, 0.2) is 0 Å². The lowest BCUT2D eigenvalue weighted by atomic mass is 10.2. The standard InChI is InChI=1S/C24H25NO4S/c1-19-6-14-24(15-7-19)30(26,27)25(17-4-5-23-11-8-20(2)29-23)18-16-21-9-12-22(28-3)13-10-21/h6-15H,4-5,17H2,1-3H3. The van der Waals surface area contributed by atoms with Crippen LogP contribution in [-0.4, -0.2) is 26.4 Å². The number of nitrogens with zero attached hydrogens (tertiary/aromatic N) is 1. The van der Waals surface area contributed by atoms with E-state index < -0.39 is 10.0 Å². The molecular weight excluding hydrogens is 398 g/mol. The second-order valence-corrected chi connectivity index (χ2v) is 8.83. The van der Waals surface area contributed by atoms with Crippen molar-refractivity contribution in [2.24, 2.45) is 0 Å². The third kappa shape index (κ3) is 5.46. The van der Waals surface area contributed by atoms with Gasteiger partial charge in [-0.1, -0.05) is 17.7 Å². The number of sulfonamides is 1. The smallest absolute Gasteiger partial charge is 0.270 e. The molecule has 0 aliphatic carbocycles. The molecule has 1 aromatic heterocycles. The Balaban J connectivity index is 1.83. The molecule has 0 saturated carbocycles. The van der Waals surface area contributed by atoms with Crippen molar-refractivity contribution < 1.29 is 17.6 Å². The van der Waals surface area contributed by atoms with Crippen molar-refractivity contribution in [2.45, 2.75) is 31.6 Å². The van der Waals surface area contributed by atoms with E-state index >= 15 is 0 Å². The van der Waals surface area contributed by atoms with Gasteiger partial charge in [0, 0.05) is 24.6 Å². The molecule has 30 heavy (non-hydrogen) atoms. The Labute approximate surface area is 178 Å². The van der Waals surface area contributed by atoms with Gasteiger partial charge in [-0.05, 0) is 74.7 Å². The van der Waals surface area contributed by atoms with Gasteiger partial charge >= 0.3 is 0 Å². The largest absolute Gasteiger partial charge is 0.497 e. The average molecular weight is 424 g/mol. The van der Waals surface area contributed by atoms with E-state index in [-0.39, 0.29) is 11.4 Å². The summed E-state index contributed by atoms with van der Waals surface area (Å²) in [6.45, 7) is 4.07. The lowest BCUT2D eigenvalue weighted by molar-refractivity contribution is 0.415. The molecule has 0 saturated heterocycles. The molecule has 0 amide bonds. The Morgan fingerprint density at radius 3 is 2.27 bits per heavy atom. The van der Waals surface area contributed by atoms with E-state index in [1.54, 1.807) is 55.6 Å². The molecule has 6 heteroatoms. The van der Waals surface area contributed by atoms with E-state index in [9.17, 15) is 8.42 Å². The van der Waals surface area contributed by atoms with Crippen molar-refractivity contribution in [2.75, 3.05) is 13.7 Å². The highest BCUT2D eigenvalue weighted by atomic mass is 32.2. The van der Waals surface area contributed by atoms with Crippen LogP contribution in [0.4, 0.5) is 0 Å². The maximum Gasteiger partial charge on any atom is 0.270 e. The van der Waals surface area contributed by atoms with Crippen LogP contribution in [0.3, 0.4) is 0 Å². The van der Waals surface area contributed by atoms with Crippen molar-refractivity contribution in [3.8, 4) is 17.7 Å². The highest BCUT2D eigenvalue weighted by molar-refractivity contribution is 7.89. The van der Waals surface area contributed by atoms with Gasteiger partial charge in [-0.2, -0.15) is 0 Å². The van der Waals surface area contributed by atoms with Gasteiger partial charge in [-0.25, -0.2) is 12.7 Å². The Morgan fingerprint density at radius 2 is 1.67 bits per heavy atom. The van der Waals surface area contributed by atoms with Gasteiger partial charge in [0.25, 0.3) is 10.0 Å². The van der Waals surface area contributed by atoms with Crippen LogP contribution in [0.2, 0.25) is 0 Å². The Morgan fingerprint density at radius 1 is 0.967 bits per heavy atom. The normalized spacial score (nSPS) is 10.9. The van der Waals surface area contributed by atoms with Crippen molar-refractivity contribution >= 4 is 10.0 Å². The summed E-state index contributed by atoms with van der Waals surface area (Å²) >= 11 is 0. The molecule has 0 aliphatic rings. The second-order valence-electron chi connectivity index (χ2n) is 6.97. The Kier molecular flexibility index (Phi) is 6.86. The van der Waals surface area contributed by atoms with Crippen LogP contribution in [0, 0.1) is 25.8 Å². The molecule has 3 rings (SSSR count). The van der Waals surface area contributed by atoms with Crippen LogP contribution in [0.5, 0.6) is 5.75 Å². The zero-order chi connectivity index (χ0) is 21.6. The predicted octanol–water partition coefficient (Wildman–Crippen LogP) is 4.54. The number of aryl methyl sites for hydroxylation is 3. The summed E-state index contributed by atoms with van der Waals surface area (Å²) in [5.74, 6) is 5.35. The summed E-state index contributed by atoms with van der Waals surface area (Å²) in [5.41, 5.74) is 1.71. The summed E-state index contributed by atoms with van der Waals surface area (Å²) in [5, 5.41) is 0. The van der Waals surface area contributed by atoms with E-state index in [4.69, 9.17) is 9.15 Å². The first-order valence-corrected chi connectivity index (χ1v) is 11.1. The van der Waals surface area contributed by atoms with Crippen LogP contribution >= 0.6 is 0 Å². The lowest BCUT2D eigenvalue weighted by Crippen LogP contribution is -2.28. The van der Waals surface area contributed by atoms with Crippen LogP contribution < -0.4 is 4.74 Å². The molecule has 3 aromatic rings. The zero-order valence-electron chi connectivity index (χ0n) is 17.4. The van der Waals surface area contributed by atoms with Crippen LogP contribution in [0.1, 0.15) is 29.1 Å². The quantitative estimate of drug-likeness (QED) is 0.414. The Bertz CT molecular complexity index is 1130. The van der Waals surface area contributed by atoms with E-state index in [2.05, 4.69) is 12.0 Å². The minimum Gasteiger partial charge on any atom is -0.497 e. The molecule has 0 fully saturated rings.